The van der Waals surface area contributed by atoms with E-state index < -0.39 is 8.07 Å². The van der Waals surface area contributed by atoms with Gasteiger partial charge < -0.3 is 4.74 Å². The fourth-order valence-electron chi connectivity index (χ4n) is 13.2. The molecule has 2 heteroatoms. The Morgan fingerprint density at radius 2 is 1.10 bits per heavy atom. The molecule has 0 aromatic heterocycles. The molecule has 2 aromatic rings. The molecule has 0 saturated heterocycles. The molecule has 11 unspecified atom stereocenters. The zero-order valence-electron chi connectivity index (χ0n) is 34.2. The summed E-state index contributed by atoms with van der Waals surface area (Å²) in [5.41, 5.74) is 8.41. The van der Waals surface area contributed by atoms with E-state index in [1.54, 1.807) is 17.2 Å². The molecule has 6 rings (SSSR count). The molecule has 50 heavy (non-hydrogen) atoms. The summed E-state index contributed by atoms with van der Waals surface area (Å²) in [6.07, 6.45) is 17.1. The van der Waals surface area contributed by atoms with Gasteiger partial charge in [0, 0.05) is 6.61 Å². The normalized spacial score (nSPS) is 34.3. The molecule has 0 radical (unpaired) electrons. The molecular formula is C48H76OSi. The molecule has 4 aliphatic carbocycles. The average Bonchev–Trinajstić information content (AvgIpc) is 3.59. The lowest BCUT2D eigenvalue weighted by Gasteiger charge is -2.51. The molecule has 0 N–H and O–H groups in total. The summed E-state index contributed by atoms with van der Waals surface area (Å²) in [7, 11) is -1.66. The van der Waals surface area contributed by atoms with Crippen molar-refractivity contribution in [1.82, 2.24) is 0 Å². The minimum atomic E-state index is -1.66. The van der Waals surface area contributed by atoms with Crippen molar-refractivity contribution >= 4 is 8.07 Å². The first-order valence-corrected chi connectivity index (χ1v) is 24.3. The van der Waals surface area contributed by atoms with Gasteiger partial charge in [0.25, 0.3) is 0 Å². The second-order valence-corrected chi connectivity index (χ2v) is 25.5. The van der Waals surface area contributed by atoms with E-state index in [-0.39, 0.29) is 11.0 Å². The van der Waals surface area contributed by atoms with Crippen LogP contribution in [0.25, 0.3) is 0 Å². The Kier molecular flexibility index (Phi) is 11.9. The molecule has 0 heterocycles. The number of hydrogen-bond donors (Lipinski definition) is 0. The maximum atomic E-state index is 6.12. The van der Waals surface area contributed by atoms with Gasteiger partial charge in [-0.1, -0.05) is 146 Å². The largest absolute Gasteiger partial charge is 0.376 e. The van der Waals surface area contributed by atoms with E-state index in [4.69, 9.17) is 4.74 Å². The smallest absolute Gasteiger partial charge is 0.0598 e. The molecule has 2 aromatic carbocycles. The van der Waals surface area contributed by atoms with E-state index >= 15 is 0 Å². The number of benzene rings is 2. The highest BCUT2D eigenvalue weighted by Gasteiger charge is 2.61. The van der Waals surface area contributed by atoms with Gasteiger partial charge >= 0.3 is 0 Å². The van der Waals surface area contributed by atoms with Gasteiger partial charge in [0.2, 0.25) is 0 Å². The van der Waals surface area contributed by atoms with Crippen LogP contribution >= 0.6 is 0 Å². The van der Waals surface area contributed by atoms with E-state index in [0.717, 1.165) is 65.0 Å². The van der Waals surface area contributed by atoms with Crippen LogP contribution in [0.2, 0.25) is 23.7 Å². The Bertz CT molecular complexity index is 1360. The van der Waals surface area contributed by atoms with E-state index in [1.165, 1.54) is 88.2 Å². The first-order valence-electron chi connectivity index (χ1n) is 21.5. The van der Waals surface area contributed by atoms with Crippen molar-refractivity contribution in [3.63, 3.8) is 0 Å². The predicted molar refractivity (Wildman–Crippen MR) is 219 cm³/mol. The predicted octanol–water partition coefficient (Wildman–Crippen LogP) is 14.3. The lowest BCUT2D eigenvalue weighted by Crippen LogP contribution is -2.49. The van der Waals surface area contributed by atoms with E-state index in [0.29, 0.717) is 0 Å². The Morgan fingerprint density at radius 1 is 0.620 bits per heavy atom. The van der Waals surface area contributed by atoms with Gasteiger partial charge in [-0.25, -0.2) is 0 Å². The summed E-state index contributed by atoms with van der Waals surface area (Å²) in [5, 5.41) is 0. The van der Waals surface area contributed by atoms with Crippen molar-refractivity contribution in [1.29, 1.82) is 0 Å². The zero-order chi connectivity index (χ0) is 35.8. The van der Waals surface area contributed by atoms with Crippen molar-refractivity contribution in [3.8, 4) is 0 Å². The fourth-order valence-corrected chi connectivity index (χ4v) is 21.0. The van der Waals surface area contributed by atoms with E-state index in [9.17, 15) is 0 Å². The highest BCUT2D eigenvalue weighted by Crippen LogP contribution is 2.68. The van der Waals surface area contributed by atoms with Gasteiger partial charge in [-0.3, -0.25) is 0 Å². The van der Waals surface area contributed by atoms with Crippen molar-refractivity contribution in [2.24, 2.45) is 35.5 Å². The van der Waals surface area contributed by atoms with Gasteiger partial charge in [0.1, 0.15) is 0 Å². The Balaban J connectivity index is 1.26. The maximum Gasteiger partial charge on any atom is 0.0598 e. The molecule has 4 saturated carbocycles. The van der Waals surface area contributed by atoms with Gasteiger partial charge in [-0.2, -0.15) is 0 Å². The number of rotatable bonds is 11. The molecule has 0 aliphatic heterocycles. The van der Waals surface area contributed by atoms with Crippen LogP contribution in [-0.2, 0) is 10.2 Å². The lowest BCUT2D eigenvalue weighted by atomic mass is 9.70. The van der Waals surface area contributed by atoms with Crippen LogP contribution in [0.15, 0.2) is 48.5 Å². The number of ether oxygens (including phenoxy) is 1. The third-order valence-corrected chi connectivity index (χ3v) is 21.5. The SMILES string of the molecule is Cc1ccc(C2CCCC3C2CC(C)C3[Si](C)(CCCCCCOC(C)(C)C)C2C(C)CC3C(c4ccc(C(C)(C)C)cc4)CCCC32)cc1. The summed E-state index contributed by atoms with van der Waals surface area (Å²) in [4.78, 5) is 0. The Hall–Kier alpha value is -1.38. The highest BCUT2D eigenvalue weighted by atomic mass is 28.3. The van der Waals surface area contributed by atoms with Gasteiger partial charge in [-0.05, 0) is 140 Å². The summed E-state index contributed by atoms with van der Waals surface area (Å²) >= 11 is 0. The van der Waals surface area contributed by atoms with Crippen LogP contribution in [0.5, 0.6) is 0 Å². The summed E-state index contributed by atoms with van der Waals surface area (Å²) in [6, 6.07) is 21.4. The van der Waals surface area contributed by atoms with Gasteiger partial charge in [0.15, 0.2) is 0 Å². The van der Waals surface area contributed by atoms with Crippen LogP contribution in [0.3, 0.4) is 0 Å². The molecule has 0 spiro atoms. The molecule has 1 nitrogen and oxygen atoms in total. The minimum absolute atomic E-state index is 0.0152. The molecular weight excluding hydrogens is 621 g/mol. The van der Waals surface area contributed by atoms with Crippen LogP contribution in [0.4, 0.5) is 0 Å². The number of aryl methyl sites for hydroxylation is 1. The lowest BCUT2D eigenvalue weighted by molar-refractivity contribution is -0.00471. The van der Waals surface area contributed by atoms with Crippen LogP contribution < -0.4 is 0 Å². The maximum absolute atomic E-state index is 6.12. The van der Waals surface area contributed by atoms with Crippen molar-refractivity contribution in [2.75, 3.05) is 6.61 Å². The first-order chi connectivity index (χ1) is 23.7. The summed E-state index contributed by atoms with van der Waals surface area (Å²) in [6.45, 7) is 25.3. The summed E-state index contributed by atoms with van der Waals surface area (Å²) in [5.74, 6) is 7.04. The zero-order valence-corrected chi connectivity index (χ0v) is 35.2. The second-order valence-electron chi connectivity index (χ2n) is 20.6. The van der Waals surface area contributed by atoms with Crippen LogP contribution in [0, 0.1) is 42.4 Å². The third-order valence-electron chi connectivity index (χ3n) is 15.1. The van der Waals surface area contributed by atoms with Crippen molar-refractivity contribution in [3.05, 3.63) is 70.8 Å². The van der Waals surface area contributed by atoms with Crippen LogP contribution in [0.1, 0.15) is 167 Å². The van der Waals surface area contributed by atoms with Gasteiger partial charge in [0.05, 0.1) is 13.7 Å². The standard InChI is InChI=1S/C48H76OSi/c1-33-21-23-36(24-22-33)39-17-15-19-41-43(39)31-34(2)45(41)50(10,30-14-12-11-13-29-49-48(7,8)9)46-35(3)32-44-40(18-16-20-42(44)46)37-25-27-38(28-26-37)47(4,5)6/h21-28,34-35,39-46H,11-20,29-32H2,1-10H3. The molecule has 0 amide bonds. The molecule has 0 bridgehead atoms. The van der Waals surface area contributed by atoms with Crippen molar-refractivity contribution < 1.29 is 4.74 Å². The Morgan fingerprint density at radius 3 is 1.58 bits per heavy atom. The topological polar surface area (TPSA) is 9.23 Å². The monoisotopic (exact) mass is 697 g/mol. The third kappa shape index (κ3) is 8.22. The van der Waals surface area contributed by atoms with E-state index in [1.807, 2.05) is 0 Å². The van der Waals surface area contributed by atoms with Crippen LogP contribution in [-0.4, -0.2) is 20.3 Å². The number of fused-ring (bicyclic) bond motifs is 2. The number of unbranched alkanes of at least 4 members (excludes halogenated alkanes) is 3. The molecule has 278 valence electrons. The minimum Gasteiger partial charge on any atom is -0.376 e. The van der Waals surface area contributed by atoms with E-state index in [2.05, 4.69) is 117 Å². The Labute approximate surface area is 310 Å². The fraction of sp³-hybridized carbons (Fsp3) is 0.750. The first kappa shape index (κ1) is 38.3. The highest BCUT2D eigenvalue weighted by molar-refractivity contribution is 6.81. The second kappa shape index (κ2) is 15.5. The molecule has 4 fully saturated rings. The summed E-state index contributed by atoms with van der Waals surface area (Å²) < 4.78 is 6.12. The molecule has 4 aliphatic rings. The average molecular weight is 697 g/mol. The van der Waals surface area contributed by atoms with Crippen molar-refractivity contribution in [2.45, 2.75) is 186 Å². The van der Waals surface area contributed by atoms with Gasteiger partial charge in [-0.15, -0.1) is 0 Å². The number of hydrogen-bond acceptors (Lipinski definition) is 1. The molecule has 11 atom stereocenters. The quantitative estimate of drug-likeness (QED) is 0.168.